The third kappa shape index (κ3) is 3.04. The molecule has 9 rings (SSSR count). The molecule has 0 unspecified atom stereocenters. The molecular formula is C33H41NO6. The number of aliphatic hydroxyl groups excluding tert-OH is 1. The number of nitrogens with zero attached hydrogens (tertiary/aromatic N) is 1. The van der Waals surface area contributed by atoms with E-state index in [1.807, 2.05) is 0 Å². The van der Waals surface area contributed by atoms with Crippen LogP contribution in [0, 0.1) is 35.5 Å². The van der Waals surface area contributed by atoms with Crippen LogP contribution in [0.4, 0.5) is 0 Å². The Morgan fingerprint density at radius 1 is 1.20 bits per heavy atom. The summed E-state index contributed by atoms with van der Waals surface area (Å²) in [4.78, 5) is 15.3. The summed E-state index contributed by atoms with van der Waals surface area (Å²) in [6, 6.07) is 0.477. The van der Waals surface area contributed by atoms with Crippen LogP contribution in [0.25, 0.3) is 0 Å². The van der Waals surface area contributed by atoms with Gasteiger partial charge in [0, 0.05) is 35.8 Å². The summed E-state index contributed by atoms with van der Waals surface area (Å²) in [5, 5.41) is 22.8. The van der Waals surface area contributed by atoms with E-state index < -0.39 is 18.2 Å². The lowest BCUT2D eigenvalue weighted by molar-refractivity contribution is -0.222. The van der Waals surface area contributed by atoms with Crippen molar-refractivity contribution in [2.24, 2.45) is 35.5 Å². The van der Waals surface area contributed by atoms with Gasteiger partial charge >= 0.3 is 5.97 Å². The fourth-order valence-corrected chi connectivity index (χ4v) is 10.5. The maximum absolute atomic E-state index is 13.0. The first-order chi connectivity index (χ1) is 19.3. The summed E-state index contributed by atoms with van der Waals surface area (Å²) >= 11 is 0. The summed E-state index contributed by atoms with van der Waals surface area (Å²) in [5.41, 5.74) is 0.672. The molecule has 10 atom stereocenters. The number of esters is 1. The van der Waals surface area contributed by atoms with Gasteiger partial charge in [-0.25, -0.2) is 4.79 Å². The van der Waals surface area contributed by atoms with Crippen LogP contribution in [0.5, 0.6) is 0 Å². The molecule has 0 aromatic carbocycles. The lowest BCUT2D eigenvalue weighted by atomic mass is 9.52. The van der Waals surface area contributed by atoms with Gasteiger partial charge in [0.1, 0.15) is 11.3 Å². The molecule has 40 heavy (non-hydrogen) atoms. The topological polar surface area (TPSA) is 88.5 Å². The van der Waals surface area contributed by atoms with Crippen molar-refractivity contribution < 1.29 is 29.2 Å². The number of carbonyl (C=O) groups excluding carboxylic acids is 1. The first-order valence-electron chi connectivity index (χ1n) is 15.4. The summed E-state index contributed by atoms with van der Waals surface area (Å²) in [6.45, 7) is 4.06. The number of aliphatic hydroxyl groups is 2. The smallest absolute Gasteiger partial charge is 0.345 e. The minimum atomic E-state index is -0.700. The van der Waals surface area contributed by atoms with Crippen LogP contribution in [0.15, 0.2) is 58.5 Å². The van der Waals surface area contributed by atoms with Gasteiger partial charge in [-0.15, -0.1) is 0 Å². The fourth-order valence-electron chi connectivity index (χ4n) is 10.5. The zero-order chi connectivity index (χ0) is 27.6. The van der Waals surface area contributed by atoms with Gasteiger partial charge in [-0.1, -0.05) is 37.6 Å². The summed E-state index contributed by atoms with van der Waals surface area (Å²) in [5.74, 6) is 2.94. The second-order valence-corrected chi connectivity index (χ2v) is 13.8. The Hall–Kier alpha value is -2.35. The standard InChI is InChI=1S/C33H41NO6/c1-17-6-7-19-8-9-21-15-24-20-10-12-32(11-4-5-26(34(24)32)33(21,37)23(19)13-17)27-18(2)28(39-25(27)14-20)30-29(38-3)22(16-35)31(36)40-30/h7,10,12,14,17-18,20-21,23-24,26-27,35,37H,4-6,8-9,11,13,15-16H2,1-3H3/b30-28+/t17-,18+,20+,21-,23-,24+,26+,27+,32-,33+/m1/s1. The van der Waals surface area contributed by atoms with Gasteiger partial charge in [-0.05, 0) is 69.3 Å². The van der Waals surface area contributed by atoms with Crippen LogP contribution in [0.3, 0.4) is 0 Å². The van der Waals surface area contributed by atoms with E-state index in [0.717, 1.165) is 57.1 Å². The first-order valence-corrected chi connectivity index (χ1v) is 15.4. The highest BCUT2D eigenvalue weighted by Crippen LogP contribution is 2.64. The van der Waals surface area contributed by atoms with E-state index in [1.165, 1.54) is 12.7 Å². The van der Waals surface area contributed by atoms with E-state index in [2.05, 4.69) is 43.1 Å². The molecule has 6 heterocycles. The predicted octanol–water partition coefficient (Wildman–Crippen LogP) is 4.49. The van der Waals surface area contributed by atoms with Gasteiger partial charge in [0.15, 0.2) is 11.5 Å². The Morgan fingerprint density at radius 3 is 2.85 bits per heavy atom. The Labute approximate surface area is 236 Å². The van der Waals surface area contributed by atoms with Gasteiger partial charge < -0.3 is 24.4 Å². The number of hydrogen-bond donors (Lipinski definition) is 2. The number of piperidine rings is 2. The molecule has 0 aromatic heterocycles. The van der Waals surface area contributed by atoms with Crippen molar-refractivity contribution in [1.29, 1.82) is 0 Å². The molecule has 1 saturated carbocycles. The van der Waals surface area contributed by atoms with Crippen LogP contribution in [0.2, 0.25) is 0 Å². The Morgan fingerprint density at radius 2 is 2.05 bits per heavy atom. The molecular weight excluding hydrogens is 506 g/mol. The molecule has 3 aliphatic carbocycles. The Kier molecular flexibility index (Phi) is 5.45. The van der Waals surface area contributed by atoms with Crippen molar-refractivity contribution in [2.45, 2.75) is 88.4 Å². The monoisotopic (exact) mass is 547 g/mol. The highest BCUT2D eigenvalue weighted by atomic mass is 16.6. The van der Waals surface area contributed by atoms with Crippen LogP contribution in [-0.4, -0.2) is 58.0 Å². The normalized spacial score (nSPS) is 48.8. The van der Waals surface area contributed by atoms with E-state index >= 15 is 0 Å². The zero-order valence-corrected chi connectivity index (χ0v) is 23.8. The van der Waals surface area contributed by atoms with Crippen molar-refractivity contribution in [1.82, 2.24) is 4.90 Å². The summed E-state index contributed by atoms with van der Waals surface area (Å²) < 4.78 is 17.9. The molecule has 2 bridgehead atoms. The first kappa shape index (κ1) is 25.4. The largest absolute Gasteiger partial charge is 0.492 e. The van der Waals surface area contributed by atoms with Crippen LogP contribution in [-0.2, 0) is 19.0 Å². The number of allylic oxidation sites excluding steroid dienone is 2. The van der Waals surface area contributed by atoms with Gasteiger partial charge in [0.25, 0.3) is 0 Å². The zero-order valence-electron chi connectivity index (χ0n) is 23.8. The SMILES string of the molecule is COC1=C(CO)C(=O)O/C1=C1/OC2=C[C@@H]3C=C[C@]4(CCC[C@@H]5N4[C@H]3C[C@H]3CCC4=CC[C@@H](C)C[C@H]4[C@@]35O)[C@H]2[C@@H]1C. The van der Waals surface area contributed by atoms with E-state index in [0.29, 0.717) is 29.4 Å². The molecule has 7 nitrogen and oxygen atoms in total. The molecule has 3 saturated heterocycles. The lowest BCUT2D eigenvalue weighted by Crippen LogP contribution is -2.77. The van der Waals surface area contributed by atoms with Crippen LogP contribution in [0.1, 0.15) is 65.2 Å². The number of hydrogen-bond acceptors (Lipinski definition) is 7. The van der Waals surface area contributed by atoms with E-state index in [9.17, 15) is 15.0 Å². The number of cyclic esters (lactones) is 1. The average Bonchev–Trinajstić information content (AvgIpc) is 3.36. The van der Waals surface area contributed by atoms with Crippen LogP contribution < -0.4 is 0 Å². The van der Waals surface area contributed by atoms with Gasteiger partial charge in [0.05, 0.1) is 24.9 Å². The molecule has 6 aliphatic heterocycles. The molecule has 9 aliphatic rings. The van der Waals surface area contributed by atoms with Gasteiger partial charge in [0.2, 0.25) is 5.76 Å². The number of rotatable bonds is 2. The second-order valence-electron chi connectivity index (χ2n) is 13.8. The highest BCUT2D eigenvalue weighted by Gasteiger charge is 2.68. The second kappa shape index (κ2) is 8.59. The van der Waals surface area contributed by atoms with Crippen molar-refractivity contribution >= 4 is 5.97 Å². The molecule has 0 aromatic rings. The average molecular weight is 548 g/mol. The van der Waals surface area contributed by atoms with Gasteiger partial charge in [-0.2, -0.15) is 0 Å². The number of methoxy groups -OCH3 is 1. The molecule has 7 heteroatoms. The van der Waals surface area contributed by atoms with Crippen molar-refractivity contribution in [3.8, 4) is 0 Å². The quantitative estimate of drug-likeness (QED) is 0.389. The molecule has 0 amide bonds. The van der Waals surface area contributed by atoms with Crippen LogP contribution >= 0.6 is 0 Å². The fraction of sp³-hybridized carbons (Fsp3) is 0.667. The number of fused-ring (bicyclic) bond motifs is 4. The maximum Gasteiger partial charge on any atom is 0.345 e. The summed E-state index contributed by atoms with van der Waals surface area (Å²) in [6.07, 6.45) is 18.2. The molecule has 214 valence electrons. The Bertz CT molecular complexity index is 1320. The van der Waals surface area contributed by atoms with E-state index in [-0.39, 0.29) is 46.6 Å². The predicted molar refractivity (Wildman–Crippen MR) is 147 cm³/mol. The van der Waals surface area contributed by atoms with Crippen molar-refractivity contribution in [2.75, 3.05) is 13.7 Å². The molecule has 2 N–H and O–H groups in total. The van der Waals surface area contributed by atoms with Crippen molar-refractivity contribution in [3.05, 3.63) is 58.5 Å². The minimum Gasteiger partial charge on any atom is -0.492 e. The Balaban J connectivity index is 1.25. The van der Waals surface area contributed by atoms with E-state index in [1.54, 1.807) is 0 Å². The third-order valence-corrected chi connectivity index (χ3v) is 12.1. The molecule has 4 fully saturated rings. The lowest BCUT2D eigenvalue weighted by Gasteiger charge is -2.68. The maximum atomic E-state index is 13.0. The van der Waals surface area contributed by atoms with Gasteiger partial charge in [-0.3, -0.25) is 4.90 Å². The molecule has 1 spiro atoms. The van der Waals surface area contributed by atoms with E-state index in [4.69, 9.17) is 14.2 Å². The highest BCUT2D eigenvalue weighted by molar-refractivity contribution is 5.94. The molecule has 0 radical (unpaired) electrons. The number of ether oxygens (including phenoxy) is 3. The number of carbonyl (C=O) groups is 1. The third-order valence-electron chi connectivity index (χ3n) is 12.1. The summed E-state index contributed by atoms with van der Waals surface area (Å²) in [7, 11) is 1.49. The minimum absolute atomic E-state index is 0.0445. The van der Waals surface area contributed by atoms with Crippen molar-refractivity contribution in [3.63, 3.8) is 0 Å².